The van der Waals surface area contributed by atoms with E-state index in [9.17, 15) is 4.79 Å². The van der Waals surface area contributed by atoms with Gasteiger partial charge in [-0.15, -0.1) is 0 Å². The highest BCUT2D eigenvalue weighted by atomic mass is 79.9. The Kier molecular flexibility index (Phi) is 3.89. The van der Waals surface area contributed by atoms with Crippen molar-refractivity contribution in [3.8, 4) is 5.75 Å². The highest BCUT2D eigenvalue weighted by Crippen LogP contribution is 2.18. The molecule has 0 atom stereocenters. The van der Waals surface area contributed by atoms with Crippen molar-refractivity contribution in [1.29, 1.82) is 0 Å². The van der Waals surface area contributed by atoms with Gasteiger partial charge in [0, 0.05) is 12.3 Å². The summed E-state index contributed by atoms with van der Waals surface area (Å²) in [5.41, 5.74) is 2.04. The Hall–Kier alpha value is -1.09. The van der Waals surface area contributed by atoms with E-state index in [0.29, 0.717) is 5.75 Å². The van der Waals surface area contributed by atoms with Crippen LogP contribution in [0.5, 0.6) is 5.75 Å². The van der Waals surface area contributed by atoms with Gasteiger partial charge in [-0.3, -0.25) is 4.79 Å². The molecule has 1 aromatic rings. The molecule has 0 unspecified atom stereocenters. The number of carbonyl (C=O) groups excluding carboxylic acids is 1. The van der Waals surface area contributed by atoms with Crippen molar-refractivity contribution in [3.63, 3.8) is 0 Å². The smallest absolute Gasteiger partial charge is 0.308 e. The van der Waals surface area contributed by atoms with Crippen molar-refractivity contribution in [2.75, 3.05) is 5.33 Å². The molecular weight excluding hydrogens is 244 g/mol. The van der Waals surface area contributed by atoms with Crippen LogP contribution in [0.3, 0.4) is 0 Å². The van der Waals surface area contributed by atoms with E-state index >= 15 is 0 Å². The lowest BCUT2D eigenvalue weighted by Crippen LogP contribution is -2.01. The van der Waals surface area contributed by atoms with Gasteiger partial charge in [-0.1, -0.05) is 34.6 Å². The molecule has 0 bridgehead atoms. The number of alkyl halides is 1. The summed E-state index contributed by atoms with van der Waals surface area (Å²) in [5, 5.41) is 0.736. The molecule has 0 amide bonds. The van der Waals surface area contributed by atoms with Crippen LogP contribution < -0.4 is 4.74 Å². The van der Waals surface area contributed by atoms with Crippen molar-refractivity contribution >= 4 is 27.5 Å². The average Bonchev–Trinajstić information content (AvgIpc) is 2.17. The molecule has 0 saturated heterocycles. The van der Waals surface area contributed by atoms with Crippen molar-refractivity contribution in [1.82, 2.24) is 0 Å². The number of allylic oxidation sites excluding steroid dienone is 1. The molecular formula is C11H11BrO2. The Morgan fingerprint density at radius 1 is 1.43 bits per heavy atom. The van der Waals surface area contributed by atoms with Crippen LogP contribution in [0.25, 0.3) is 5.57 Å². The molecule has 0 heterocycles. The third-order valence-electron chi connectivity index (χ3n) is 1.69. The fourth-order valence-electron chi connectivity index (χ4n) is 1.00. The first-order chi connectivity index (χ1) is 6.63. The van der Waals surface area contributed by atoms with Crippen molar-refractivity contribution < 1.29 is 9.53 Å². The van der Waals surface area contributed by atoms with Gasteiger partial charge >= 0.3 is 5.97 Å². The molecule has 0 N–H and O–H groups in total. The zero-order valence-corrected chi connectivity index (χ0v) is 9.50. The van der Waals surface area contributed by atoms with Crippen LogP contribution in [0.1, 0.15) is 12.5 Å². The topological polar surface area (TPSA) is 26.3 Å². The molecule has 2 nitrogen and oxygen atoms in total. The van der Waals surface area contributed by atoms with Crippen molar-refractivity contribution in [2.24, 2.45) is 0 Å². The lowest BCUT2D eigenvalue weighted by molar-refractivity contribution is -0.131. The monoisotopic (exact) mass is 254 g/mol. The van der Waals surface area contributed by atoms with Gasteiger partial charge in [-0.2, -0.15) is 0 Å². The second-order valence-electron chi connectivity index (χ2n) is 2.86. The molecule has 0 aliphatic heterocycles. The number of rotatable bonds is 3. The van der Waals surface area contributed by atoms with Crippen molar-refractivity contribution in [3.05, 3.63) is 36.4 Å². The van der Waals surface area contributed by atoms with E-state index in [1.54, 1.807) is 12.1 Å². The number of carbonyl (C=O) groups is 1. The summed E-state index contributed by atoms with van der Waals surface area (Å²) in [4.78, 5) is 10.6. The summed E-state index contributed by atoms with van der Waals surface area (Å²) in [6, 6.07) is 7.26. The van der Waals surface area contributed by atoms with Gasteiger partial charge < -0.3 is 4.74 Å². The predicted octanol–water partition coefficient (Wildman–Crippen LogP) is 3.02. The van der Waals surface area contributed by atoms with Crippen LogP contribution in [0.15, 0.2) is 30.8 Å². The van der Waals surface area contributed by atoms with Gasteiger partial charge in [-0.25, -0.2) is 0 Å². The second kappa shape index (κ2) is 4.96. The minimum Gasteiger partial charge on any atom is -0.427 e. The lowest BCUT2D eigenvalue weighted by Gasteiger charge is -2.04. The van der Waals surface area contributed by atoms with Crippen LogP contribution in [0.4, 0.5) is 0 Å². The third-order valence-corrected chi connectivity index (χ3v) is 2.36. The van der Waals surface area contributed by atoms with Gasteiger partial charge in [0.05, 0.1) is 0 Å². The maximum absolute atomic E-state index is 10.6. The van der Waals surface area contributed by atoms with E-state index in [0.717, 1.165) is 16.5 Å². The summed E-state index contributed by atoms with van der Waals surface area (Å²) in [5.74, 6) is 0.251. The van der Waals surface area contributed by atoms with Gasteiger partial charge in [0.25, 0.3) is 0 Å². The van der Waals surface area contributed by atoms with Gasteiger partial charge in [0.2, 0.25) is 0 Å². The van der Waals surface area contributed by atoms with Crippen molar-refractivity contribution in [2.45, 2.75) is 6.92 Å². The molecule has 0 spiro atoms. The standard InChI is InChI=1S/C11H11BrO2/c1-8(7-12)10-3-5-11(6-4-10)14-9(2)13/h3-6H,1,7H2,2H3. The third kappa shape index (κ3) is 3.00. The summed E-state index contributed by atoms with van der Waals surface area (Å²) in [6.45, 7) is 5.26. The molecule has 1 rings (SSSR count). The molecule has 0 saturated carbocycles. The maximum atomic E-state index is 10.6. The molecule has 0 aliphatic rings. The molecule has 1 aromatic carbocycles. The number of hydrogen-bond acceptors (Lipinski definition) is 2. The minimum absolute atomic E-state index is 0.308. The molecule has 14 heavy (non-hydrogen) atoms. The molecule has 74 valence electrons. The van der Waals surface area contributed by atoms with Gasteiger partial charge in [-0.05, 0) is 23.3 Å². The molecule has 3 heteroatoms. The lowest BCUT2D eigenvalue weighted by atomic mass is 10.1. The highest BCUT2D eigenvalue weighted by Gasteiger charge is 1.99. The normalized spacial score (nSPS) is 9.57. The first-order valence-corrected chi connectivity index (χ1v) is 5.28. The summed E-state index contributed by atoms with van der Waals surface area (Å²) < 4.78 is 4.90. The minimum atomic E-state index is -0.308. The van der Waals surface area contributed by atoms with E-state index in [1.807, 2.05) is 12.1 Å². The van der Waals surface area contributed by atoms with Gasteiger partial charge in [0.1, 0.15) is 5.75 Å². The van der Waals surface area contributed by atoms with Crippen LogP contribution >= 0.6 is 15.9 Å². The molecule has 0 radical (unpaired) electrons. The Balaban J connectivity index is 2.78. The van der Waals surface area contributed by atoms with Crippen LogP contribution in [-0.4, -0.2) is 11.3 Å². The predicted molar refractivity (Wildman–Crippen MR) is 60.6 cm³/mol. The van der Waals surface area contributed by atoms with Crippen LogP contribution in [0, 0.1) is 0 Å². The largest absolute Gasteiger partial charge is 0.427 e. The van der Waals surface area contributed by atoms with E-state index in [4.69, 9.17) is 4.74 Å². The van der Waals surface area contributed by atoms with E-state index in [-0.39, 0.29) is 5.97 Å². The zero-order valence-electron chi connectivity index (χ0n) is 7.92. The number of esters is 1. The number of benzene rings is 1. The second-order valence-corrected chi connectivity index (χ2v) is 3.42. The maximum Gasteiger partial charge on any atom is 0.308 e. The molecule has 0 aliphatic carbocycles. The summed E-state index contributed by atoms with van der Waals surface area (Å²) >= 11 is 3.33. The summed E-state index contributed by atoms with van der Waals surface area (Å²) in [7, 11) is 0. The van der Waals surface area contributed by atoms with Crippen LogP contribution in [0.2, 0.25) is 0 Å². The Bertz CT molecular complexity index is 341. The molecule has 0 aromatic heterocycles. The fourth-order valence-corrected chi connectivity index (χ4v) is 1.33. The van der Waals surface area contributed by atoms with E-state index in [1.165, 1.54) is 6.92 Å². The summed E-state index contributed by atoms with van der Waals surface area (Å²) in [6.07, 6.45) is 0. The quantitative estimate of drug-likeness (QED) is 0.471. The fraction of sp³-hybridized carbons (Fsp3) is 0.182. The number of halogens is 1. The Labute approximate surface area is 91.7 Å². The molecule has 0 fully saturated rings. The SMILES string of the molecule is C=C(CBr)c1ccc(OC(C)=O)cc1. The number of ether oxygens (including phenoxy) is 1. The number of hydrogen-bond donors (Lipinski definition) is 0. The first-order valence-electron chi connectivity index (χ1n) is 4.16. The first kappa shape index (κ1) is 11.0. The Morgan fingerprint density at radius 2 is 2.00 bits per heavy atom. The highest BCUT2D eigenvalue weighted by molar-refractivity contribution is 9.09. The average molecular weight is 255 g/mol. The van der Waals surface area contributed by atoms with Crippen LogP contribution in [-0.2, 0) is 4.79 Å². The zero-order chi connectivity index (χ0) is 10.6. The van der Waals surface area contributed by atoms with E-state index < -0.39 is 0 Å². The van der Waals surface area contributed by atoms with E-state index in [2.05, 4.69) is 22.5 Å². The van der Waals surface area contributed by atoms with Gasteiger partial charge in [0.15, 0.2) is 0 Å². The Morgan fingerprint density at radius 3 is 2.43 bits per heavy atom.